The second-order valence-corrected chi connectivity index (χ2v) is 9.11. The summed E-state index contributed by atoms with van der Waals surface area (Å²) in [6, 6.07) is 0. The van der Waals surface area contributed by atoms with Crippen molar-refractivity contribution in [2.45, 2.75) is 96.7 Å². The van der Waals surface area contributed by atoms with Crippen LogP contribution in [0.1, 0.15) is 73.1 Å². The quantitative estimate of drug-likeness (QED) is 0.330. The first kappa shape index (κ1) is 20.3. The molecule has 2 fully saturated rings. The summed E-state index contributed by atoms with van der Waals surface area (Å²) in [7, 11) is 0. The third-order valence-corrected chi connectivity index (χ3v) is 6.16. The molecule has 0 aromatic heterocycles. The molecular formula is C23H34O4. The van der Waals surface area contributed by atoms with E-state index in [0.29, 0.717) is 12.0 Å². The summed E-state index contributed by atoms with van der Waals surface area (Å²) >= 11 is 0. The topological polar surface area (TPSA) is 44.8 Å². The van der Waals surface area contributed by atoms with E-state index in [2.05, 4.69) is 39.5 Å². The molecule has 0 saturated carbocycles. The van der Waals surface area contributed by atoms with Crippen molar-refractivity contribution < 1.29 is 19.0 Å². The Labute approximate surface area is 163 Å². The molecule has 0 amide bonds. The van der Waals surface area contributed by atoms with Gasteiger partial charge in [-0.2, -0.15) is 0 Å². The smallest absolute Gasteiger partial charge is 0.334 e. The van der Waals surface area contributed by atoms with Crippen LogP contribution in [0.2, 0.25) is 0 Å². The van der Waals surface area contributed by atoms with E-state index in [1.165, 1.54) is 11.1 Å². The normalized spacial score (nSPS) is 37.6. The van der Waals surface area contributed by atoms with Crippen LogP contribution in [0.3, 0.4) is 0 Å². The van der Waals surface area contributed by atoms with Crippen LogP contribution in [-0.4, -0.2) is 29.6 Å². The Morgan fingerprint density at radius 3 is 2.56 bits per heavy atom. The van der Waals surface area contributed by atoms with Crippen molar-refractivity contribution in [1.29, 1.82) is 0 Å². The van der Waals surface area contributed by atoms with E-state index in [1.54, 1.807) is 0 Å². The molecule has 0 spiro atoms. The average molecular weight is 375 g/mol. The fourth-order valence-corrected chi connectivity index (χ4v) is 4.66. The largest absolute Gasteiger partial charge is 0.458 e. The van der Waals surface area contributed by atoms with Gasteiger partial charge >= 0.3 is 5.97 Å². The van der Waals surface area contributed by atoms with E-state index < -0.39 is 5.79 Å². The van der Waals surface area contributed by atoms with Gasteiger partial charge in [0.15, 0.2) is 5.79 Å². The van der Waals surface area contributed by atoms with Crippen molar-refractivity contribution in [3.05, 3.63) is 35.5 Å². The van der Waals surface area contributed by atoms with E-state index in [0.717, 1.165) is 32.1 Å². The van der Waals surface area contributed by atoms with Gasteiger partial charge in [0.1, 0.15) is 6.10 Å². The summed E-state index contributed by atoms with van der Waals surface area (Å²) in [4.78, 5) is 12.2. The van der Waals surface area contributed by atoms with Crippen molar-refractivity contribution in [2.75, 3.05) is 0 Å². The number of fused-ring (bicyclic) bond motifs is 2. The molecule has 0 aromatic carbocycles. The lowest BCUT2D eigenvalue weighted by molar-refractivity contribution is -0.161. The number of allylic oxidation sites excluding steroid dienone is 3. The number of carbonyl (C=O) groups is 1. The maximum absolute atomic E-state index is 12.2. The molecule has 3 rings (SSSR count). The van der Waals surface area contributed by atoms with Crippen LogP contribution >= 0.6 is 0 Å². The molecule has 4 heteroatoms. The van der Waals surface area contributed by atoms with E-state index in [-0.39, 0.29) is 29.7 Å². The molecule has 150 valence electrons. The lowest BCUT2D eigenvalue weighted by atomic mass is 9.81. The number of carbonyl (C=O) groups excluding carboxylic acids is 1. The molecule has 0 radical (unpaired) electrons. The van der Waals surface area contributed by atoms with E-state index >= 15 is 0 Å². The number of hydrogen-bond acceptors (Lipinski definition) is 4. The molecule has 4 atom stereocenters. The van der Waals surface area contributed by atoms with Crippen LogP contribution in [0.4, 0.5) is 0 Å². The first-order valence-electron chi connectivity index (χ1n) is 10.2. The third-order valence-electron chi connectivity index (χ3n) is 6.16. The van der Waals surface area contributed by atoms with Gasteiger partial charge in [0.2, 0.25) is 0 Å². The van der Waals surface area contributed by atoms with Gasteiger partial charge in [-0.05, 0) is 66.7 Å². The highest BCUT2D eigenvalue weighted by Crippen LogP contribution is 2.45. The summed E-state index contributed by atoms with van der Waals surface area (Å²) in [6.07, 6.45) is 9.75. The van der Waals surface area contributed by atoms with Crippen LogP contribution in [0.5, 0.6) is 0 Å². The fourth-order valence-electron chi connectivity index (χ4n) is 4.66. The molecule has 2 heterocycles. The Balaban J connectivity index is 1.91. The Morgan fingerprint density at radius 1 is 1.11 bits per heavy atom. The predicted molar refractivity (Wildman–Crippen MR) is 106 cm³/mol. The standard InChI is InChI=1S/C23H34O4/c1-15-9-7-10-16(2)13-19-18(17(3)21(24)25-19)14-20-23(6,12-8-11-15)27-22(4,5)26-20/h10-11,18-20H,3,7-9,12-14H2,1-2,4-6H3. The molecule has 0 aromatic rings. The molecule has 3 aliphatic rings. The summed E-state index contributed by atoms with van der Waals surface area (Å²) in [6.45, 7) is 14.4. The minimum Gasteiger partial charge on any atom is -0.458 e. The van der Waals surface area contributed by atoms with Gasteiger partial charge in [0.05, 0.1) is 11.7 Å². The Bertz CT molecular complexity index is 672. The second kappa shape index (κ2) is 7.56. The number of ether oxygens (including phenoxy) is 3. The van der Waals surface area contributed by atoms with Gasteiger partial charge < -0.3 is 14.2 Å². The minimum atomic E-state index is -0.623. The summed E-state index contributed by atoms with van der Waals surface area (Å²) in [5, 5.41) is 0. The highest BCUT2D eigenvalue weighted by Gasteiger charge is 2.52. The van der Waals surface area contributed by atoms with E-state index in [1.807, 2.05) is 13.8 Å². The first-order chi connectivity index (χ1) is 12.6. The van der Waals surface area contributed by atoms with Crippen LogP contribution in [0, 0.1) is 5.92 Å². The molecule has 27 heavy (non-hydrogen) atoms. The summed E-state index contributed by atoms with van der Waals surface area (Å²) in [5.41, 5.74) is 2.87. The van der Waals surface area contributed by atoms with Gasteiger partial charge in [-0.3, -0.25) is 0 Å². The van der Waals surface area contributed by atoms with Gasteiger partial charge in [0.25, 0.3) is 0 Å². The average Bonchev–Trinajstić information content (AvgIpc) is 2.93. The van der Waals surface area contributed by atoms with Crippen molar-refractivity contribution in [3.63, 3.8) is 0 Å². The van der Waals surface area contributed by atoms with Crippen molar-refractivity contribution in [1.82, 2.24) is 0 Å². The van der Waals surface area contributed by atoms with E-state index in [4.69, 9.17) is 14.2 Å². The Morgan fingerprint density at radius 2 is 1.81 bits per heavy atom. The number of hydrogen-bond donors (Lipinski definition) is 0. The monoisotopic (exact) mass is 374 g/mol. The zero-order chi connectivity index (χ0) is 19.8. The molecule has 1 aliphatic carbocycles. The Hall–Kier alpha value is -1.39. The molecular weight excluding hydrogens is 340 g/mol. The Kier molecular flexibility index (Phi) is 5.69. The second-order valence-electron chi connectivity index (χ2n) is 9.11. The van der Waals surface area contributed by atoms with Crippen LogP contribution in [0.15, 0.2) is 35.5 Å². The zero-order valence-corrected chi connectivity index (χ0v) is 17.5. The molecule has 0 N–H and O–H groups in total. The fraction of sp³-hybridized carbons (Fsp3) is 0.696. The highest BCUT2D eigenvalue weighted by atomic mass is 16.8. The molecule has 2 aliphatic heterocycles. The van der Waals surface area contributed by atoms with Gasteiger partial charge in [-0.25, -0.2) is 4.79 Å². The molecule has 0 bridgehead atoms. The van der Waals surface area contributed by atoms with Crippen LogP contribution < -0.4 is 0 Å². The van der Waals surface area contributed by atoms with Crippen LogP contribution in [-0.2, 0) is 19.0 Å². The summed E-state index contributed by atoms with van der Waals surface area (Å²) < 4.78 is 18.3. The lowest BCUT2D eigenvalue weighted by Crippen LogP contribution is -2.39. The number of rotatable bonds is 0. The van der Waals surface area contributed by atoms with Gasteiger partial charge in [-0.15, -0.1) is 0 Å². The molecule has 4 nitrogen and oxygen atoms in total. The van der Waals surface area contributed by atoms with Gasteiger partial charge in [0, 0.05) is 17.9 Å². The van der Waals surface area contributed by atoms with Crippen molar-refractivity contribution in [2.24, 2.45) is 5.92 Å². The first-order valence-corrected chi connectivity index (χ1v) is 10.2. The zero-order valence-electron chi connectivity index (χ0n) is 17.5. The van der Waals surface area contributed by atoms with Crippen molar-refractivity contribution >= 4 is 5.97 Å². The lowest BCUT2D eigenvalue weighted by Gasteiger charge is -2.31. The van der Waals surface area contributed by atoms with E-state index in [9.17, 15) is 4.79 Å². The molecule has 4 unspecified atom stereocenters. The third kappa shape index (κ3) is 4.55. The molecule has 2 saturated heterocycles. The maximum atomic E-state index is 12.2. The minimum absolute atomic E-state index is 0.0251. The number of esters is 1. The van der Waals surface area contributed by atoms with Crippen molar-refractivity contribution in [3.8, 4) is 0 Å². The SMILES string of the molecule is C=C1C(=O)OC2CC(C)=CCCC(C)=CCCC3(C)OC(C)(C)OC3CC12. The predicted octanol–water partition coefficient (Wildman–Crippen LogP) is 5.24. The van der Waals surface area contributed by atoms with Gasteiger partial charge in [-0.1, -0.05) is 29.9 Å². The maximum Gasteiger partial charge on any atom is 0.334 e. The summed E-state index contributed by atoms with van der Waals surface area (Å²) in [5.74, 6) is -0.912. The highest BCUT2D eigenvalue weighted by molar-refractivity contribution is 5.90. The van der Waals surface area contributed by atoms with Crippen LogP contribution in [0.25, 0.3) is 0 Å².